The molecule has 0 aliphatic rings. The zero-order valence-electron chi connectivity index (χ0n) is 10.5. The summed E-state index contributed by atoms with van der Waals surface area (Å²) in [5.41, 5.74) is 0.857. The Morgan fingerprint density at radius 2 is 2.16 bits per heavy atom. The SMILES string of the molecule is CCNc1ncc(Br)c(NCc2cccc(F)c2)n1. The molecule has 1 heterocycles. The summed E-state index contributed by atoms with van der Waals surface area (Å²) in [5.74, 6) is 0.997. The molecule has 0 unspecified atom stereocenters. The Hall–Kier alpha value is -1.69. The van der Waals surface area contributed by atoms with E-state index in [9.17, 15) is 4.39 Å². The van der Waals surface area contributed by atoms with Gasteiger partial charge in [-0.05, 0) is 40.5 Å². The molecule has 2 rings (SSSR count). The van der Waals surface area contributed by atoms with Crippen molar-refractivity contribution in [1.82, 2.24) is 9.97 Å². The van der Waals surface area contributed by atoms with Gasteiger partial charge in [0, 0.05) is 19.3 Å². The molecular formula is C13H14BrFN4. The lowest BCUT2D eigenvalue weighted by Gasteiger charge is -2.09. The molecule has 0 saturated carbocycles. The predicted octanol–water partition coefficient (Wildman–Crippen LogP) is 3.42. The lowest BCUT2D eigenvalue weighted by atomic mass is 10.2. The molecule has 0 aliphatic carbocycles. The summed E-state index contributed by atoms with van der Waals surface area (Å²) in [4.78, 5) is 8.45. The van der Waals surface area contributed by atoms with Crippen molar-refractivity contribution in [3.05, 3.63) is 46.3 Å². The van der Waals surface area contributed by atoms with Crippen molar-refractivity contribution >= 4 is 27.7 Å². The molecular weight excluding hydrogens is 311 g/mol. The fourth-order valence-corrected chi connectivity index (χ4v) is 1.90. The average molecular weight is 325 g/mol. The number of hydrogen-bond donors (Lipinski definition) is 2. The van der Waals surface area contributed by atoms with E-state index in [4.69, 9.17) is 0 Å². The van der Waals surface area contributed by atoms with Gasteiger partial charge in [0.25, 0.3) is 0 Å². The van der Waals surface area contributed by atoms with Crippen LogP contribution in [0.25, 0.3) is 0 Å². The first-order valence-electron chi connectivity index (χ1n) is 5.93. The Kier molecular flexibility index (Phi) is 4.68. The second-order valence-electron chi connectivity index (χ2n) is 3.90. The molecule has 0 aliphatic heterocycles. The standard InChI is InChI=1S/C13H14BrFN4/c1-2-16-13-18-8-11(14)12(19-13)17-7-9-4-3-5-10(15)6-9/h3-6,8H,2,7H2,1H3,(H2,16,17,18,19). The molecule has 2 N–H and O–H groups in total. The van der Waals surface area contributed by atoms with Gasteiger partial charge in [0.2, 0.25) is 5.95 Å². The fraction of sp³-hybridized carbons (Fsp3) is 0.231. The van der Waals surface area contributed by atoms with E-state index in [1.807, 2.05) is 13.0 Å². The third-order valence-electron chi connectivity index (χ3n) is 2.43. The van der Waals surface area contributed by atoms with Crippen LogP contribution in [0.5, 0.6) is 0 Å². The van der Waals surface area contributed by atoms with Gasteiger partial charge in [-0.2, -0.15) is 4.98 Å². The van der Waals surface area contributed by atoms with Crippen LogP contribution in [-0.2, 0) is 6.54 Å². The minimum absolute atomic E-state index is 0.241. The summed E-state index contributed by atoms with van der Waals surface area (Å²) in [7, 11) is 0. The van der Waals surface area contributed by atoms with Gasteiger partial charge in [-0.25, -0.2) is 9.37 Å². The highest BCUT2D eigenvalue weighted by Crippen LogP contribution is 2.20. The average Bonchev–Trinajstić information content (AvgIpc) is 2.40. The van der Waals surface area contributed by atoms with Crippen LogP contribution in [0.2, 0.25) is 0 Å². The molecule has 0 saturated heterocycles. The molecule has 1 aromatic carbocycles. The minimum atomic E-state index is -0.241. The number of benzene rings is 1. The van der Waals surface area contributed by atoms with Crippen molar-refractivity contribution in [2.45, 2.75) is 13.5 Å². The van der Waals surface area contributed by atoms with E-state index in [1.165, 1.54) is 12.1 Å². The zero-order chi connectivity index (χ0) is 13.7. The first kappa shape index (κ1) is 13.7. The van der Waals surface area contributed by atoms with Crippen molar-refractivity contribution in [2.24, 2.45) is 0 Å². The van der Waals surface area contributed by atoms with Crippen molar-refractivity contribution in [1.29, 1.82) is 0 Å². The number of rotatable bonds is 5. The van der Waals surface area contributed by atoms with E-state index in [1.54, 1.807) is 12.3 Å². The Morgan fingerprint density at radius 1 is 1.32 bits per heavy atom. The van der Waals surface area contributed by atoms with E-state index >= 15 is 0 Å². The molecule has 19 heavy (non-hydrogen) atoms. The third-order valence-corrected chi connectivity index (χ3v) is 3.01. The molecule has 1 aromatic heterocycles. The van der Waals surface area contributed by atoms with Crippen LogP contribution in [0.4, 0.5) is 16.2 Å². The highest BCUT2D eigenvalue weighted by molar-refractivity contribution is 9.10. The van der Waals surface area contributed by atoms with Gasteiger partial charge in [-0.3, -0.25) is 0 Å². The van der Waals surface area contributed by atoms with Gasteiger partial charge in [-0.1, -0.05) is 12.1 Å². The number of hydrogen-bond acceptors (Lipinski definition) is 4. The van der Waals surface area contributed by atoms with Crippen LogP contribution in [0.15, 0.2) is 34.9 Å². The summed E-state index contributed by atoms with van der Waals surface area (Å²) in [6.45, 7) is 3.23. The van der Waals surface area contributed by atoms with E-state index in [-0.39, 0.29) is 5.82 Å². The van der Waals surface area contributed by atoms with Gasteiger partial charge in [-0.15, -0.1) is 0 Å². The number of aromatic nitrogens is 2. The molecule has 6 heteroatoms. The van der Waals surface area contributed by atoms with E-state index in [0.717, 1.165) is 16.6 Å². The Bertz CT molecular complexity index is 562. The summed E-state index contributed by atoms with van der Waals surface area (Å²) in [6.07, 6.45) is 1.68. The van der Waals surface area contributed by atoms with Gasteiger partial charge in [0.15, 0.2) is 0 Å². The quantitative estimate of drug-likeness (QED) is 0.884. The molecule has 0 amide bonds. The maximum absolute atomic E-state index is 13.1. The van der Waals surface area contributed by atoms with E-state index < -0.39 is 0 Å². The van der Waals surface area contributed by atoms with Crippen LogP contribution in [0.3, 0.4) is 0 Å². The molecule has 0 bridgehead atoms. The second kappa shape index (κ2) is 6.47. The third kappa shape index (κ3) is 3.89. The first-order chi connectivity index (χ1) is 9.19. The Labute approximate surface area is 119 Å². The summed E-state index contributed by atoms with van der Waals surface area (Å²) in [6, 6.07) is 6.46. The van der Waals surface area contributed by atoms with Crippen LogP contribution < -0.4 is 10.6 Å². The predicted molar refractivity (Wildman–Crippen MR) is 77.6 cm³/mol. The van der Waals surface area contributed by atoms with Crippen molar-refractivity contribution in [2.75, 3.05) is 17.2 Å². The van der Waals surface area contributed by atoms with Gasteiger partial charge in [0.1, 0.15) is 11.6 Å². The lowest BCUT2D eigenvalue weighted by Crippen LogP contribution is -2.07. The van der Waals surface area contributed by atoms with Crippen molar-refractivity contribution in [3.63, 3.8) is 0 Å². The maximum Gasteiger partial charge on any atom is 0.224 e. The number of nitrogens with zero attached hydrogens (tertiary/aromatic N) is 2. The first-order valence-corrected chi connectivity index (χ1v) is 6.73. The lowest BCUT2D eigenvalue weighted by molar-refractivity contribution is 0.626. The maximum atomic E-state index is 13.1. The molecule has 2 aromatic rings. The Balaban J connectivity index is 2.08. The molecule has 100 valence electrons. The van der Waals surface area contributed by atoms with Crippen LogP contribution in [-0.4, -0.2) is 16.5 Å². The molecule has 0 fully saturated rings. The number of nitrogens with one attached hydrogen (secondary N) is 2. The molecule has 0 spiro atoms. The highest BCUT2D eigenvalue weighted by Gasteiger charge is 2.04. The number of anilines is 2. The molecule has 0 radical (unpaired) electrons. The highest BCUT2D eigenvalue weighted by atomic mass is 79.9. The van der Waals surface area contributed by atoms with Crippen molar-refractivity contribution < 1.29 is 4.39 Å². The van der Waals surface area contributed by atoms with Crippen molar-refractivity contribution in [3.8, 4) is 0 Å². The summed E-state index contributed by atoms with van der Waals surface area (Å²) >= 11 is 3.38. The molecule has 0 atom stereocenters. The zero-order valence-corrected chi connectivity index (χ0v) is 12.0. The monoisotopic (exact) mass is 324 g/mol. The normalized spacial score (nSPS) is 10.3. The van der Waals surface area contributed by atoms with E-state index in [2.05, 4.69) is 36.5 Å². The topological polar surface area (TPSA) is 49.8 Å². The van der Waals surface area contributed by atoms with Crippen LogP contribution in [0, 0.1) is 5.82 Å². The van der Waals surface area contributed by atoms with Gasteiger partial charge >= 0.3 is 0 Å². The fourth-order valence-electron chi connectivity index (χ4n) is 1.57. The minimum Gasteiger partial charge on any atom is -0.365 e. The van der Waals surface area contributed by atoms with Crippen LogP contribution in [0.1, 0.15) is 12.5 Å². The summed E-state index contributed by atoms with van der Waals surface area (Å²) in [5, 5.41) is 6.19. The van der Waals surface area contributed by atoms with E-state index in [0.29, 0.717) is 18.3 Å². The largest absolute Gasteiger partial charge is 0.365 e. The smallest absolute Gasteiger partial charge is 0.224 e. The van der Waals surface area contributed by atoms with Crippen LogP contribution >= 0.6 is 15.9 Å². The second-order valence-corrected chi connectivity index (χ2v) is 4.76. The Morgan fingerprint density at radius 3 is 2.89 bits per heavy atom. The van der Waals surface area contributed by atoms with Gasteiger partial charge < -0.3 is 10.6 Å². The number of halogens is 2. The molecule has 4 nitrogen and oxygen atoms in total. The summed E-state index contributed by atoms with van der Waals surface area (Å²) < 4.78 is 13.8. The van der Waals surface area contributed by atoms with Gasteiger partial charge in [0.05, 0.1) is 4.47 Å².